The molecule has 26 heavy (non-hydrogen) atoms. The minimum atomic E-state index is 0.852. The highest BCUT2D eigenvalue weighted by atomic mass is 16.5. The molecule has 0 amide bonds. The van der Waals surface area contributed by atoms with Gasteiger partial charge in [0.25, 0.3) is 0 Å². The van der Waals surface area contributed by atoms with Crippen molar-refractivity contribution in [1.82, 2.24) is 0 Å². The van der Waals surface area contributed by atoms with Gasteiger partial charge in [-0.05, 0) is 60.5 Å². The van der Waals surface area contributed by atoms with Crippen molar-refractivity contribution in [1.29, 1.82) is 0 Å². The van der Waals surface area contributed by atoms with Gasteiger partial charge < -0.3 is 4.74 Å². The Morgan fingerprint density at radius 1 is 0.846 bits per heavy atom. The molecule has 3 nitrogen and oxygen atoms in total. The average molecular weight is 345 g/mol. The van der Waals surface area contributed by atoms with Crippen molar-refractivity contribution in [3.63, 3.8) is 0 Å². The number of benzene rings is 3. The maximum atomic E-state index is 5.30. The fourth-order valence-corrected chi connectivity index (χ4v) is 2.92. The van der Waals surface area contributed by atoms with Crippen LogP contribution in [-0.4, -0.2) is 25.1 Å². The first-order chi connectivity index (χ1) is 12.7. The third kappa shape index (κ3) is 4.12. The lowest BCUT2D eigenvalue weighted by molar-refractivity contribution is -0.495. The van der Waals surface area contributed by atoms with Crippen molar-refractivity contribution in [2.75, 3.05) is 19.2 Å². The third-order valence-electron chi connectivity index (χ3n) is 4.36. The summed E-state index contributed by atoms with van der Waals surface area (Å²) in [6, 6.07) is 27.1. The summed E-state index contributed by atoms with van der Waals surface area (Å²) in [7, 11) is 3.75. The molecule has 3 aromatic rings. The molecule has 3 heteroatoms. The van der Waals surface area contributed by atoms with Gasteiger partial charge in [-0.2, -0.15) is 0 Å². The first-order valence-corrected chi connectivity index (χ1v) is 8.87. The van der Waals surface area contributed by atoms with Crippen LogP contribution in [0.2, 0.25) is 0 Å². The van der Waals surface area contributed by atoms with Crippen LogP contribution >= 0.6 is 0 Å². The zero-order chi connectivity index (χ0) is 18.4. The molecule has 0 unspecified atom stereocenters. The molecule has 0 aliphatic carbocycles. The van der Waals surface area contributed by atoms with E-state index < -0.39 is 0 Å². The molecule has 0 spiro atoms. The zero-order valence-electron chi connectivity index (χ0n) is 15.6. The number of anilines is 2. The van der Waals surface area contributed by atoms with E-state index in [2.05, 4.69) is 78.4 Å². The van der Waals surface area contributed by atoms with Gasteiger partial charge in [0, 0.05) is 5.56 Å². The first kappa shape index (κ1) is 17.7. The van der Waals surface area contributed by atoms with Crippen LogP contribution in [0.15, 0.2) is 78.9 Å². The Bertz CT molecular complexity index is 805. The number of aryl methyl sites for hydroxylation is 1. The number of methoxy groups -OCH3 is 1. The lowest BCUT2D eigenvalue weighted by atomic mass is 10.1. The summed E-state index contributed by atoms with van der Waals surface area (Å²) in [4.78, 5) is 0. The molecular weight excluding hydrogens is 320 g/mol. The van der Waals surface area contributed by atoms with Crippen LogP contribution in [0, 0.1) is 0 Å². The summed E-state index contributed by atoms with van der Waals surface area (Å²) in [5.74, 6) is 0.852. The Balaban J connectivity index is 2.03. The summed E-state index contributed by atoms with van der Waals surface area (Å²) < 4.78 is 7.41. The van der Waals surface area contributed by atoms with Crippen LogP contribution in [0.5, 0.6) is 5.75 Å². The fourth-order valence-electron chi connectivity index (χ4n) is 2.92. The minimum absolute atomic E-state index is 0.852. The van der Waals surface area contributed by atoms with Crippen LogP contribution in [-0.2, 0) is 6.42 Å². The standard InChI is InChI=1S/C23H25N2O/c1-4-19-10-12-21(13-11-19)25(22-14-16-23(26-3)17-15-22)24(2)18-20-8-6-5-7-9-20/h5-18H,4H2,1-3H3/q+1. The summed E-state index contributed by atoms with van der Waals surface area (Å²) in [5, 5.41) is 2.19. The molecule has 0 atom stereocenters. The van der Waals surface area contributed by atoms with Crippen LogP contribution in [0.4, 0.5) is 11.4 Å². The van der Waals surface area contributed by atoms with Gasteiger partial charge in [0.2, 0.25) is 6.21 Å². The van der Waals surface area contributed by atoms with Gasteiger partial charge in [0.05, 0.1) is 7.11 Å². The molecular formula is C23H25N2O+. The van der Waals surface area contributed by atoms with E-state index in [4.69, 9.17) is 4.74 Å². The van der Waals surface area contributed by atoms with E-state index in [0.717, 1.165) is 29.1 Å². The van der Waals surface area contributed by atoms with Gasteiger partial charge in [-0.15, -0.1) is 9.69 Å². The smallest absolute Gasteiger partial charge is 0.201 e. The quantitative estimate of drug-likeness (QED) is 0.352. The maximum Gasteiger partial charge on any atom is 0.201 e. The lowest BCUT2D eigenvalue weighted by Crippen LogP contribution is -2.29. The van der Waals surface area contributed by atoms with Crippen LogP contribution in [0.25, 0.3) is 0 Å². The Labute approximate surface area is 155 Å². The molecule has 0 bridgehead atoms. The Hall–Kier alpha value is -3.07. The second kappa shape index (κ2) is 8.34. The summed E-state index contributed by atoms with van der Waals surface area (Å²) >= 11 is 0. The molecule has 0 heterocycles. The van der Waals surface area contributed by atoms with E-state index in [1.807, 2.05) is 30.3 Å². The zero-order valence-corrected chi connectivity index (χ0v) is 15.6. The monoisotopic (exact) mass is 345 g/mol. The minimum Gasteiger partial charge on any atom is -0.497 e. The van der Waals surface area contributed by atoms with Gasteiger partial charge in [-0.1, -0.05) is 37.3 Å². The highest BCUT2D eigenvalue weighted by Crippen LogP contribution is 2.27. The number of hydrazone groups is 1. The maximum absolute atomic E-state index is 5.30. The molecule has 0 radical (unpaired) electrons. The van der Waals surface area contributed by atoms with Gasteiger partial charge in [-0.3, -0.25) is 0 Å². The van der Waals surface area contributed by atoms with E-state index in [9.17, 15) is 0 Å². The highest BCUT2D eigenvalue weighted by molar-refractivity contribution is 5.76. The summed E-state index contributed by atoms with van der Waals surface area (Å²) in [6.45, 7) is 2.17. The van der Waals surface area contributed by atoms with Crippen molar-refractivity contribution >= 4 is 17.6 Å². The van der Waals surface area contributed by atoms with E-state index >= 15 is 0 Å². The SMILES string of the molecule is CCc1ccc(N(c2ccc(OC)cc2)[N+](C)=Cc2ccccc2)cc1. The van der Waals surface area contributed by atoms with Crippen LogP contribution in [0.1, 0.15) is 18.1 Å². The summed E-state index contributed by atoms with van der Waals surface area (Å²) in [5.41, 5.74) is 4.67. The van der Waals surface area contributed by atoms with E-state index in [1.165, 1.54) is 5.56 Å². The molecule has 0 aromatic heterocycles. The number of ether oxygens (including phenoxy) is 1. The highest BCUT2D eigenvalue weighted by Gasteiger charge is 2.18. The second-order valence-corrected chi connectivity index (χ2v) is 6.14. The van der Waals surface area contributed by atoms with Crippen molar-refractivity contribution in [3.05, 3.63) is 90.0 Å². The molecule has 0 saturated carbocycles. The second-order valence-electron chi connectivity index (χ2n) is 6.14. The van der Waals surface area contributed by atoms with Gasteiger partial charge in [0.15, 0.2) is 7.05 Å². The predicted molar refractivity (Wildman–Crippen MR) is 109 cm³/mol. The van der Waals surface area contributed by atoms with Gasteiger partial charge >= 0.3 is 0 Å². The fraction of sp³-hybridized carbons (Fsp3) is 0.174. The van der Waals surface area contributed by atoms with Crippen molar-refractivity contribution < 1.29 is 9.42 Å². The number of hydrazine groups is 1. The largest absolute Gasteiger partial charge is 0.497 e. The molecule has 3 rings (SSSR count). The van der Waals surface area contributed by atoms with Gasteiger partial charge in [-0.25, -0.2) is 0 Å². The molecule has 132 valence electrons. The normalized spacial score (nSPS) is 11.3. The van der Waals surface area contributed by atoms with Crippen LogP contribution in [0.3, 0.4) is 0 Å². The molecule has 3 aromatic carbocycles. The van der Waals surface area contributed by atoms with Crippen LogP contribution < -0.4 is 9.75 Å². The Kier molecular flexibility index (Phi) is 5.69. The van der Waals surface area contributed by atoms with E-state index in [1.54, 1.807) is 7.11 Å². The van der Waals surface area contributed by atoms with E-state index in [-0.39, 0.29) is 0 Å². The predicted octanol–water partition coefficient (Wildman–Crippen LogP) is 5.07. The third-order valence-corrected chi connectivity index (χ3v) is 4.36. The van der Waals surface area contributed by atoms with Crippen molar-refractivity contribution in [2.45, 2.75) is 13.3 Å². The number of rotatable bonds is 6. The summed E-state index contributed by atoms with van der Waals surface area (Å²) in [6.07, 6.45) is 3.16. The van der Waals surface area contributed by atoms with Crippen molar-refractivity contribution in [2.24, 2.45) is 0 Å². The molecule has 0 aliphatic rings. The van der Waals surface area contributed by atoms with Gasteiger partial charge in [0.1, 0.15) is 17.1 Å². The van der Waals surface area contributed by atoms with Crippen molar-refractivity contribution in [3.8, 4) is 5.75 Å². The average Bonchev–Trinajstić information content (AvgIpc) is 2.70. The topological polar surface area (TPSA) is 15.5 Å². The number of hydrogen-bond acceptors (Lipinski definition) is 2. The molecule has 0 saturated heterocycles. The Morgan fingerprint density at radius 2 is 1.42 bits per heavy atom. The Morgan fingerprint density at radius 3 is 1.96 bits per heavy atom. The molecule has 0 aliphatic heterocycles. The molecule has 0 N–H and O–H groups in total. The number of nitrogens with zero attached hydrogens (tertiary/aromatic N) is 2. The first-order valence-electron chi connectivity index (χ1n) is 8.87. The lowest BCUT2D eigenvalue weighted by Gasteiger charge is -2.19. The van der Waals surface area contributed by atoms with E-state index in [0.29, 0.717) is 0 Å². The number of hydrogen-bond donors (Lipinski definition) is 0. The molecule has 0 fully saturated rings.